The summed E-state index contributed by atoms with van der Waals surface area (Å²) in [6.07, 6.45) is -1.94. The third-order valence-electron chi connectivity index (χ3n) is 6.49. The van der Waals surface area contributed by atoms with Gasteiger partial charge in [0.25, 0.3) is 5.91 Å². The van der Waals surface area contributed by atoms with Crippen LogP contribution in [0.4, 0.5) is 17.6 Å². The zero-order valence-corrected chi connectivity index (χ0v) is 18.9. The molecule has 34 heavy (non-hydrogen) atoms. The minimum Gasteiger partial charge on any atom is -0.383 e. The molecule has 0 aliphatic carbocycles. The Labute approximate surface area is 195 Å². The highest BCUT2D eigenvalue weighted by Crippen LogP contribution is 2.37. The maximum absolute atomic E-state index is 14.4. The van der Waals surface area contributed by atoms with E-state index in [4.69, 9.17) is 10.5 Å². The number of likely N-dealkylation sites (tertiary alicyclic amines) is 1. The third-order valence-corrected chi connectivity index (χ3v) is 6.49. The Balaban J connectivity index is 1.60. The summed E-state index contributed by atoms with van der Waals surface area (Å²) in [5.41, 5.74) is 6.55. The summed E-state index contributed by atoms with van der Waals surface area (Å²) in [7, 11) is 1.47. The number of hydrogen-bond donors (Lipinski definition) is 1. The van der Waals surface area contributed by atoms with E-state index in [1.807, 2.05) is 0 Å². The van der Waals surface area contributed by atoms with Gasteiger partial charge in [-0.15, -0.1) is 0 Å². The van der Waals surface area contributed by atoms with Crippen molar-refractivity contribution in [1.82, 2.24) is 9.47 Å². The van der Waals surface area contributed by atoms with Gasteiger partial charge in [-0.1, -0.05) is 24.3 Å². The smallest absolute Gasteiger partial charge is 0.383 e. The summed E-state index contributed by atoms with van der Waals surface area (Å²) >= 11 is 0. The zero-order chi connectivity index (χ0) is 24.5. The Morgan fingerprint density at radius 2 is 1.91 bits per heavy atom. The molecule has 0 unspecified atom stereocenters. The maximum atomic E-state index is 14.4. The van der Waals surface area contributed by atoms with Gasteiger partial charge in [-0.25, -0.2) is 4.39 Å². The highest BCUT2D eigenvalue weighted by Gasteiger charge is 2.35. The van der Waals surface area contributed by atoms with Crippen molar-refractivity contribution in [1.29, 1.82) is 0 Å². The fourth-order valence-corrected chi connectivity index (χ4v) is 4.72. The number of benzene rings is 2. The molecule has 1 saturated heterocycles. The largest absolute Gasteiger partial charge is 0.418 e. The molecule has 1 aromatic heterocycles. The number of rotatable bonds is 6. The van der Waals surface area contributed by atoms with Crippen LogP contribution in [0.15, 0.2) is 42.6 Å². The van der Waals surface area contributed by atoms with Gasteiger partial charge >= 0.3 is 6.18 Å². The first kappa shape index (κ1) is 24.2. The van der Waals surface area contributed by atoms with Gasteiger partial charge in [0.05, 0.1) is 23.3 Å². The quantitative estimate of drug-likeness (QED) is 0.513. The summed E-state index contributed by atoms with van der Waals surface area (Å²) < 4.78 is 62.0. The molecule has 1 amide bonds. The van der Waals surface area contributed by atoms with Crippen LogP contribution >= 0.6 is 0 Å². The van der Waals surface area contributed by atoms with Gasteiger partial charge in [0.2, 0.25) is 0 Å². The van der Waals surface area contributed by atoms with Crippen LogP contribution in [0.25, 0.3) is 10.9 Å². The molecule has 0 spiro atoms. The van der Waals surface area contributed by atoms with E-state index in [9.17, 15) is 22.4 Å². The molecule has 1 fully saturated rings. The van der Waals surface area contributed by atoms with Crippen molar-refractivity contribution in [3.05, 3.63) is 70.7 Å². The van der Waals surface area contributed by atoms with Gasteiger partial charge in [-0.2, -0.15) is 13.2 Å². The molecule has 2 aromatic carbocycles. The Morgan fingerprint density at radius 1 is 1.18 bits per heavy atom. The summed E-state index contributed by atoms with van der Waals surface area (Å²) in [5, 5.41) is 0.264. The van der Waals surface area contributed by atoms with E-state index in [0.29, 0.717) is 38.0 Å². The number of alkyl halides is 3. The number of halogens is 4. The Bertz CT molecular complexity index is 1180. The lowest BCUT2D eigenvalue weighted by molar-refractivity contribution is -0.136. The molecule has 1 aliphatic rings. The molecular formula is C25H27F4N3O2. The number of aromatic nitrogens is 1. The summed E-state index contributed by atoms with van der Waals surface area (Å²) in [6, 6.07) is 8.74. The minimum absolute atomic E-state index is 0.0223. The normalized spacial score (nSPS) is 15.3. The Hall–Kier alpha value is -2.91. The lowest BCUT2D eigenvalue weighted by Gasteiger charge is -2.32. The van der Waals surface area contributed by atoms with Gasteiger partial charge in [0.15, 0.2) is 0 Å². The van der Waals surface area contributed by atoms with Crippen LogP contribution in [-0.4, -0.2) is 42.2 Å². The first-order valence-electron chi connectivity index (χ1n) is 11.2. The second-order valence-electron chi connectivity index (χ2n) is 8.55. The van der Waals surface area contributed by atoms with Crippen molar-refractivity contribution >= 4 is 16.8 Å². The van der Waals surface area contributed by atoms with Gasteiger partial charge in [0.1, 0.15) is 5.82 Å². The standard InChI is InChI=1S/C25H27F4N3O2/c1-34-12-11-32-15-20(18-3-2-4-21(23(18)32)25(27,28)29)24(33)31-9-7-17(8-10-31)19-13-16(14-30)5-6-22(19)26/h2-6,13,15,17H,7-12,14,30H2,1H3. The number of methoxy groups -OCH3 is 1. The Morgan fingerprint density at radius 3 is 2.56 bits per heavy atom. The van der Waals surface area contributed by atoms with Crippen molar-refractivity contribution in [2.75, 3.05) is 26.8 Å². The van der Waals surface area contributed by atoms with E-state index < -0.39 is 11.7 Å². The molecule has 9 heteroatoms. The second kappa shape index (κ2) is 9.76. The van der Waals surface area contributed by atoms with Crippen molar-refractivity contribution in [3.63, 3.8) is 0 Å². The van der Waals surface area contributed by atoms with Crippen molar-refractivity contribution in [3.8, 4) is 0 Å². The molecule has 5 nitrogen and oxygen atoms in total. The third kappa shape index (κ3) is 4.67. The lowest BCUT2D eigenvalue weighted by Crippen LogP contribution is -2.38. The molecule has 4 rings (SSSR count). The molecule has 1 aliphatic heterocycles. The van der Waals surface area contributed by atoms with E-state index in [2.05, 4.69) is 0 Å². The van der Waals surface area contributed by atoms with Crippen LogP contribution in [0.2, 0.25) is 0 Å². The fraction of sp³-hybridized carbons (Fsp3) is 0.400. The van der Waals surface area contributed by atoms with Crippen molar-refractivity contribution in [2.24, 2.45) is 5.73 Å². The number of ether oxygens (including phenoxy) is 1. The number of nitrogens with two attached hydrogens (primary N) is 1. The van der Waals surface area contributed by atoms with Gasteiger partial charge in [0, 0.05) is 44.9 Å². The second-order valence-corrected chi connectivity index (χ2v) is 8.55. The van der Waals surface area contributed by atoms with Crippen molar-refractivity contribution in [2.45, 2.75) is 38.0 Å². The maximum Gasteiger partial charge on any atom is 0.418 e. The number of fused-ring (bicyclic) bond motifs is 1. The fourth-order valence-electron chi connectivity index (χ4n) is 4.72. The summed E-state index contributed by atoms with van der Waals surface area (Å²) in [4.78, 5) is 15.0. The van der Waals surface area contributed by atoms with Gasteiger partial charge in [-0.3, -0.25) is 4.79 Å². The van der Waals surface area contributed by atoms with Crippen LogP contribution < -0.4 is 5.73 Å². The summed E-state index contributed by atoms with van der Waals surface area (Å²) in [5.74, 6) is -0.659. The predicted octanol–water partition coefficient (Wildman–Crippen LogP) is 4.92. The van der Waals surface area contributed by atoms with Gasteiger partial charge < -0.3 is 19.9 Å². The van der Waals surface area contributed by atoms with Crippen molar-refractivity contribution < 1.29 is 27.1 Å². The molecule has 0 bridgehead atoms. The predicted molar refractivity (Wildman–Crippen MR) is 121 cm³/mol. The molecule has 182 valence electrons. The molecule has 2 heterocycles. The van der Waals surface area contributed by atoms with Crippen LogP contribution in [-0.2, 0) is 24.0 Å². The van der Waals surface area contributed by atoms with Crippen LogP contribution in [0, 0.1) is 5.82 Å². The van der Waals surface area contributed by atoms with E-state index in [1.54, 1.807) is 23.1 Å². The Kier molecular flexibility index (Phi) is 6.95. The number of hydrogen-bond acceptors (Lipinski definition) is 3. The summed E-state index contributed by atoms with van der Waals surface area (Å²) in [6.45, 7) is 1.49. The highest BCUT2D eigenvalue weighted by atomic mass is 19.4. The zero-order valence-electron chi connectivity index (χ0n) is 18.9. The van der Waals surface area contributed by atoms with Crippen LogP contribution in [0.3, 0.4) is 0 Å². The molecule has 0 saturated carbocycles. The number of nitrogens with zero attached hydrogens (tertiary/aromatic N) is 2. The first-order valence-corrected chi connectivity index (χ1v) is 11.2. The monoisotopic (exact) mass is 477 g/mol. The number of amides is 1. The van der Waals surface area contributed by atoms with Gasteiger partial charge in [-0.05, 0) is 42.0 Å². The average Bonchev–Trinajstić information content (AvgIpc) is 3.20. The number of piperidine rings is 1. The van der Waals surface area contributed by atoms with E-state index in [1.165, 1.54) is 30.0 Å². The number of carbonyl (C=O) groups is 1. The molecule has 2 N–H and O–H groups in total. The number of carbonyl (C=O) groups excluding carboxylic acids is 1. The van der Waals surface area contributed by atoms with E-state index in [-0.39, 0.29) is 47.3 Å². The molecule has 3 aromatic rings. The minimum atomic E-state index is -4.55. The number of para-hydroxylation sites is 1. The first-order chi connectivity index (χ1) is 16.2. The van der Waals surface area contributed by atoms with E-state index in [0.717, 1.165) is 11.6 Å². The SMILES string of the molecule is COCCn1cc(C(=O)N2CCC(c3cc(CN)ccc3F)CC2)c2cccc(C(F)(F)F)c21. The molecule has 0 radical (unpaired) electrons. The lowest BCUT2D eigenvalue weighted by atomic mass is 9.88. The highest BCUT2D eigenvalue weighted by molar-refractivity contribution is 6.07. The van der Waals surface area contributed by atoms with Crippen LogP contribution in [0.5, 0.6) is 0 Å². The molecular weight excluding hydrogens is 450 g/mol. The molecule has 0 atom stereocenters. The average molecular weight is 478 g/mol. The van der Waals surface area contributed by atoms with Crippen LogP contribution in [0.1, 0.15) is 45.8 Å². The van der Waals surface area contributed by atoms with E-state index >= 15 is 0 Å². The topological polar surface area (TPSA) is 60.5 Å².